The van der Waals surface area contributed by atoms with Crippen LogP contribution >= 0.6 is 0 Å². The van der Waals surface area contributed by atoms with Crippen LogP contribution in [0.5, 0.6) is 11.5 Å². The first-order valence-corrected chi connectivity index (χ1v) is 12.2. The number of hydrogen-bond acceptors (Lipinski definition) is 7. The monoisotopic (exact) mass is 476 g/mol. The molecular formula is C23H28N2O7S. The predicted molar refractivity (Wildman–Crippen MR) is 122 cm³/mol. The standard InChI is InChI=1S/C23H28N2O7S/c1-3-31-21-11-10-19(33(28,29)25-12-5-4-6-13-25)15-20(21)24-22(26)16-32-18-9-7-8-17(14-18)23(27)30-2/h7-11,14-15H,3-6,12-13,16H2,1-2H3,(H,24,26). The number of nitrogens with zero attached hydrogens (tertiary/aromatic N) is 1. The van der Waals surface area contributed by atoms with Crippen LogP contribution in [0.3, 0.4) is 0 Å². The molecule has 0 aliphatic carbocycles. The number of benzene rings is 2. The topological polar surface area (TPSA) is 111 Å². The minimum Gasteiger partial charge on any atom is -0.492 e. The maximum Gasteiger partial charge on any atom is 0.337 e. The molecule has 1 amide bonds. The average molecular weight is 477 g/mol. The van der Waals surface area contributed by atoms with E-state index in [1.165, 1.54) is 35.7 Å². The van der Waals surface area contributed by atoms with Crippen LogP contribution in [0, 0.1) is 0 Å². The molecule has 10 heteroatoms. The molecule has 0 atom stereocenters. The van der Waals surface area contributed by atoms with Gasteiger partial charge >= 0.3 is 5.97 Å². The number of amides is 1. The third kappa shape index (κ3) is 6.23. The molecule has 1 aliphatic rings. The summed E-state index contributed by atoms with van der Waals surface area (Å²) in [6, 6.07) is 10.7. The van der Waals surface area contributed by atoms with Gasteiger partial charge in [-0.1, -0.05) is 12.5 Å². The van der Waals surface area contributed by atoms with Crippen molar-refractivity contribution < 1.29 is 32.2 Å². The van der Waals surface area contributed by atoms with Crippen LogP contribution in [-0.2, 0) is 19.6 Å². The highest BCUT2D eigenvalue weighted by molar-refractivity contribution is 7.89. The fourth-order valence-electron chi connectivity index (χ4n) is 3.47. The lowest BCUT2D eigenvalue weighted by Gasteiger charge is -2.26. The zero-order valence-electron chi connectivity index (χ0n) is 18.7. The first-order chi connectivity index (χ1) is 15.8. The van der Waals surface area contributed by atoms with Crippen LogP contribution in [-0.4, -0.2) is 58.0 Å². The summed E-state index contributed by atoms with van der Waals surface area (Å²) in [5.74, 6) is -0.347. The van der Waals surface area contributed by atoms with Crippen molar-refractivity contribution in [2.75, 3.05) is 38.7 Å². The number of methoxy groups -OCH3 is 1. The number of hydrogen-bond donors (Lipinski definition) is 1. The highest BCUT2D eigenvalue weighted by Crippen LogP contribution is 2.30. The number of rotatable bonds is 9. The van der Waals surface area contributed by atoms with Gasteiger partial charge in [0.25, 0.3) is 5.91 Å². The van der Waals surface area contributed by atoms with Crippen molar-refractivity contribution in [3.05, 3.63) is 48.0 Å². The SMILES string of the molecule is CCOc1ccc(S(=O)(=O)N2CCCCC2)cc1NC(=O)COc1cccc(C(=O)OC)c1. The van der Waals surface area contributed by atoms with Crippen molar-refractivity contribution in [3.63, 3.8) is 0 Å². The zero-order valence-corrected chi connectivity index (χ0v) is 19.5. The molecule has 1 saturated heterocycles. The lowest BCUT2D eigenvalue weighted by atomic mass is 10.2. The minimum absolute atomic E-state index is 0.0925. The van der Waals surface area contributed by atoms with E-state index in [2.05, 4.69) is 10.1 Å². The summed E-state index contributed by atoms with van der Waals surface area (Å²) in [5.41, 5.74) is 0.538. The minimum atomic E-state index is -3.67. The quantitative estimate of drug-likeness (QED) is 0.554. The van der Waals surface area contributed by atoms with Crippen molar-refractivity contribution in [3.8, 4) is 11.5 Å². The Balaban J connectivity index is 1.74. The Hall–Kier alpha value is -3.11. The molecule has 1 fully saturated rings. The van der Waals surface area contributed by atoms with E-state index in [9.17, 15) is 18.0 Å². The lowest BCUT2D eigenvalue weighted by molar-refractivity contribution is -0.118. The highest BCUT2D eigenvalue weighted by atomic mass is 32.2. The van der Waals surface area contributed by atoms with Crippen molar-refractivity contribution in [1.29, 1.82) is 0 Å². The number of ether oxygens (including phenoxy) is 3. The van der Waals surface area contributed by atoms with E-state index in [0.717, 1.165) is 19.3 Å². The van der Waals surface area contributed by atoms with Crippen LogP contribution in [0.15, 0.2) is 47.4 Å². The van der Waals surface area contributed by atoms with Crippen LogP contribution in [0.25, 0.3) is 0 Å². The van der Waals surface area contributed by atoms with Crippen molar-refractivity contribution in [2.45, 2.75) is 31.1 Å². The van der Waals surface area contributed by atoms with Gasteiger partial charge in [0.2, 0.25) is 10.0 Å². The second kappa shape index (κ2) is 11.2. The lowest BCUT2D eigenvalue weighted by Crippen LogP contribution is -2.35. The largest absolute Gasteiger partial charge is 0.492 e. The number of sulfonamides is 1. The summed E-state index contributed by atoms with van der Waals surface area (Å²) >= 11 is 0. The third-order valence-corrected chi connectivity index (χ3v) is 7.00. The van der Waals surface area contributed by atoms with Gasteiger partial charge in [-0.25, -0.2) is 13.2 Å². The summed E-state index contributed by atoms with van der Waals surface area (Å²) in [6.07, 6.45) is 2.67. The molecule has 0 bridgehead atoms. The second-order valence-corrected chi connectivity index (χ2v) is 9.35. The molecule has 2 aromatic rings. The van der Waals surface area contributed by atoms with E-state index in [1.807, 2.05) is 0 Å². The first kappa shape index (κ1) is 24.5. The molecule has 0 spiro atoms. The first-order valence-electron chi connectivity index (χ1n) is 10.7. The van der Waals surface area contributed by atoms with Crippen LogP contribution in [0.2, 0.25) is 0 Å². The van der Waals surface area contributed by atoms with E-state index in [-0.39, 0.29) is 17.2 Å². The molecule has 0 unspecified atom stereocenters. The molecule has 9 nitrogen and oxygen atoms in total. The Morgan fingerprint density at radius 2 is 1.79 bits per heavy atom. The molecule has 1 N–H and O–H groups in total. The average Bonchev–Trinajstić information content (AvgIpc) is 2.84. The molecule has 178 valence electrons. The molecule has 2 aromatic carbocycles. The van der Waals surface area contributed by atoms with E-state index in [1.54, 1.807) is 25.1 Å². The number of esters is 1. The van der Waals surface area contributed by atoms with Gasteiger partial charge < -0.3 is 19.5 Å². The van der Waals surface area contributed by atoms with Gasteiger partial charge in [0.15, 0.2) is 6.61 Å². The second-order valence-electron chi connectivity index (χ2n) is 7.41. The molecule has 0 radical (unpaired) electrons. The van der Waals surface area contributed by atoms with Crippen molar-refractivity contribution in [1.82, 2.24) is 4.31 Å². The van der Waals surface area contributed by atoms with E-state index in [4.69, 9.17) is 9.47 Å². The molecular weight excluding hydrogens is 448 g/mol. The van der Waals surface area contributed by atoms with Crippen LogP contribution in [0.1, 0.15) is 36.5 Å². The molecule has 1 aliphatic heterocycles. The van der Waals surface area contributed by atoms with Crippen LogP contribution < -0.4 is 14.8 Å². The van der Waals surface area contributed by atoms with Gasteiger partial charge in [-0.2, -0.15) is 4.31 Å². The summed E-state index contributed by atoms with van der Waals surface area (Å²) in [6.45, 7) is 2.75. The van der Waals surface area contributed by atoms with Gasteiger partial charge in [-0.3, -0.25) is 4.79 Å². The van der Waals surface area contributed by atoms with Gasteiger partial charge in [-0.15, -0.1) is 0 Å². The molecule has 33 heavy (non-hydrogen) atoms. The Morgan fingerprint density at radius 3 is 2.48 bits per heavy atom. The van der Waals surface area contributed by atoms with E-state index >= 15 is 0 Å². The fraction of sp³-hybridized carbons (Fsp3) is 0.391. The normalized spacial score (nSPS) is 14.4. The Kier molecular flexibility index (Phi) is 8.29. The number of carbonyl (C=O) groups excluding carboxylic acids is 2. The van der Waals surface area contributed by atoms with Crippen molar-refractivity contribution >= 4 is 27.6 Å². The number of carbonyl (C=O) groups is 2. The van der Waals surface area contributed by atoms with Gasteiger partial charge in [0, 0.05) is 13.1 Å². The number of piperidine rings is 1. The number of anilines is 1. The van der Waals surface area contributed by atoms with E-state index in [0.29, 0.717) is 36.8 Å². The Morgan fingerprint density at radius 1 is 1.03 bits per heavy atom. The van der Waals surface area contributed by atoms with Crippen molar-refractivity contribution in [2.24, 2.45) is 0 Å². The predicted octanol–water partition coefficient (Wildman–Crippen LogP) is 3.06. The van der Waals surface area contributed by atoms with Gasteiger partial charge in [0.1, 0.15) is 11.5 Å². The molecule has 0 aromatic heterocycles. The maximum absolute atomic E-state index is 13.0. The third-order valence-electron chi connectivity index (χ3n) is 5.10. The number of nitrogens with one attached hydrogen (secondary N) is 1. The van der Waals surface area contributed by atoms with Gasteiger partial charge in [-0.05, 0) is 56.2 Å². The van der Waals surface area contributed by atoms with Gasteiger partial charge in [0.05, 0.1) is 29.9 Å². The molecule has 1 heterocycles. The summed E-state index contributed by atoms with van der Waals surface area (Å²) in [4.78, 5) is 24.3. The zero-order chi connectivity index (χ0) is 23.8. The van der Waals surface area contributed by atoms with Crippen LogP contribution in [0.4, 0.5) is 5.69 Å². The summed E-state index contributed by atoms with van der Waals surface area (Å²) < 4.78 is 43.2. The Labute approximate surface area is 193 Å². The summed E-state index contributed by atoms with van der Waals surface area (Å²) in [7, 11) is -2.39. The molecule has 3 rings (SSSR count). The smallest absolute Gasteiger partial charge is 0.337 e. The molecule has 0 saturated carbocycles. The Bertz CT molecular complexity index is 1100. The fourth-order valence-corrected chi connectivity index (χ4v) is 5.01. The maximum atomic E-state index is 13.0. The van der Waals surface area contributed by atoms with E-state index < -0.39 is 21.9 Å². The summed E-state index contributed by atoms with van der Waals surface area (Å²) in [5, 5.41) is 2.67. The highest BCUT2D eigenvalue weighted by Gasteiger charge is 2.27.